The van der Waals surface area contributed by atoms with Crippen molar-refractivity contribution < 1.29 is 17.6 Å². The molecule has 1 saturated carbocycles. The third kappa shape index (κ3) is 4.99. The third-order valence-electron chi connectivity index (χ3n) is 6.07. The lowest BCUT2D eigenvalue weighted by Crippen LogP contribution is -2.42. The molecule has 7 heteroatoms. The maximum atomic E-state index is 13.3. The van der Waals surface area contributed by atoms with Crippen LogP contribution in [0.4, 0.5) is 4.39 Å². The lowest BCUT2D eigenvalue weighted by atomic mass is 9.94. The first-order valence-electron chi connectivity index (χ1n) is 10.9. The van der Waals surface area contributed by atoms with Gasteiger partial charge in [-0.25, -0.2) is 12.8 Å². The summed E-state index contributed by atoms with van der Waals surface area (Å²) in [6, 6.07) is 12.6. The Labute approximate surface area is 183 Å². The van der Waals surface area contributed by atoms with Crippen LogP contribution >= 0.6 is 0 Å². The molecule has 1 heterocycles. The van der Waals surface area contributed by atoms with Crippen LogP contribution in [0.25, 0.3) is 0 Å². The van der Waals surface area contributed by atoms with Gasteiger partial charge in [0.2, 0.25) is 10.0 Å². The Kier molecular flexibility index (Phi) is 6.17. The largest absolute Gasteiger partial charge is 0.331 e. The molecular weight excluding hydrogens is 415 g/mol. The van der Waals surface area contributed by atoms with Crippen LogP contribution in [-0.2, 0) is 16.6 Å². The summed E-state index contributed by atoms with van der Waals surface area (Å²) in [5.41, 5.74) is 1.22. The van der Waals surface area contributed by atoms with Crippen molar-refractivity contribution in [2.45, 2.75) is 50.6 Å². The molecule has 0 bridgehead atoms. The van der Waals surface area contributed by atoms with Gasteiger partial charge in [0.05, 0.1) is 4.90 Å². The van der Waals surface area contributed by atoms with Gasteiger partial charge in [-0.3, -0.25) is 4.79 Å². The van der Waals surface area contributed by atoms with E-state index in [0.717, 1.165) is 24.8 Å². The Morgan fingerprint density at radius 2 is 1.71 bits per heavy atom. The summed E-state index contributed by atoms with van der Waals surface area (Å²) in [7, 11) is -3.66. The van der Waals surface area contributed by atoms with E-state index in [9.17, 15) is 17.6 Å². The van der Waals surface area contributed by atoms with E-state index in [4.69, 9.17) is 0 Å². The number of carbonyl (C=O) groups is 1. The minimum absolute atomic E-state index is 0.140. The molecule has 2 aromatic rings. The zero-order valence-corrected chi connectivity index (χ0v) is 18.8. The molecule has 0 radical (unpaired) electrons. The van der Waals surface area contributed by atoms with Gasteiger partial charge in [0.1, 0.15) is 5.82 Å². The number of halogens is 1. The highest BCUT2D eigenvalue weighted by Crippen LogP contribution is 2.31. The van der Waals surface area contributed by atoms with Crippen LogP contribution in [-0.4, -0.2) is 42.7 Å². The summed E-state index contributed by atoms with van der Waals surface area (Å²) in [5, 5.41) is 0. The topological polar surface area (TPSA) is 57.7 Å². The monoisotopic (exact) mass is 444 g/mol. The second-order valence-electron chi connectivity index (χ2n) is 9.09. The number of rotatable bonds is 6. The fourth-order valence-corrected chi connectivity index (χ4v) is 6.17. The number of amides is 1. The van der Waals surface area contributed by atoms with E-state index in [1.807, 2.05) is 0 Å². The number of carbonyl (C=O) groups excluding carboxylic acids is 1. The molecule has 1 aliphatic heterocycles. The van der Waals surface area contributed by atoms with Gasteiger partial charge >= 0.3 is 0 Å². The van der Waals surface area contributed by atoms with Crippen LogP contribution in [0.3, 0.4) is 0 Å². The first kappa shape index (κ1) is 22.0. The summed E-state index contributed by atoms with van der Waals surface area (Å²) < 4.78 is 41.3. The molecular formula is C24H29FN2O3S. The van der Waals surface area contributed by atoms with Crippen molar-refractivity contribution in [1.29, 1.82) is 0 Å². The second-order valence-corrected chi connectivity index (χ2v) is 11.0. The molecule has 166 valence electrons. The molecule has 2 aliphatic rings. The summed E-state index contributed by atoms with van der Waals surface area (Å²) in [5.74, 6) is 0.116. The normalized spacial score (nSPS) is 22.3. The molecule has 4 rings (SSSR count). The lowest BCUT2D eigenvalue weighted by molar-refractivity contribution is 0.0729. The average molecular weight is 445 g/mol. The Hall–Kier alpha value is -2.25. The lowest BCUT2D eigenvalue weighted by Gasteiger charge is -2.34. The SMILES string of the molecule is CC1CC(C)CN(S(=O)(=O)c2cccc(C(=O)N(Cc3ccc(F)cc3)C3CC3)c2)C1. The quantitative estimate of drug-likeness (QED) is 0.668. The van der Waals surface area contributed by atoms with Gasteiger partial charge in [-0.2, -0.15) is 4.31 Å². The molecule has 1 aliphatic carbocycles. The Morgan fingerprint density at radius 1 is 1.06 bits per heavy atom. The van der Waals surface area contributed by atoms with Crippen molar-refractivity contribution in [3.05, 3.63) is 65.5 Å². The van der Waals surface area contributed by atoms with Crippen molar-refractivity contribution in [3.63, 3.8) is 0 Å². The zero-order valence-electron chi connectivity index (χ0n) is 18.0. The van der Waals surface area contributed by atoms with Crippen LogP contribution in [0, 0.1) is 17.7 Å². The van der Waals surface area contributed by atoms with Gasteiger partial charge in [0, 0.05) is 31.2 Å². The minimum Gasteiger partial charge on any atom is -0.331 e. The number of sulfonamides is 1. The van der Waals surface area contributed by atoms with E-state index in [1.165, 1.54) is 18.2 Å². The molecule has 2 unspecified atom stereocenters. The maximum absolute atomic E-state index is 13.3. The van der Waals surface area contributed by atoms with Crippen LogP contribution in [0.15, 0.2) is 53.4 Å². The van der Waals surface area contributed by atoms with Crippen LogP contribution in [0.5, 0.6) is 0 Å². The second kappa shape index (κ2) is 8.71. The van der Waals surface area contributed by atoms with E-state index < -0.39 is 10.0 Å². The third-order valence-corrected chi connectivity index (χ3v) is 7.90. The Bertz CT molecular complexity index is 1040. The first-order valence-corrected chi connectivity index (χ1v) is 12.3. The Morgan fingerprint density at radius 3 is 2.32 bits per heavy atom. The van der Waals surface area contributed by atoms with E-state index in [1.54, 1.807) is 39.5 Å². The van der Waals surface area contributed by atoms with Crippen molar-refractivity contribution in [2.75, 3.05) is 13.1 Å². The minimum atomic E-state index is -3.66. The predicted octanol–water partition coefficient (Wildman–Crippen LogP) is 4.30. The number of nitrogens with zero attached hydrogens (tertiary/aromatic N) is 2. The van der Waals surface area contributed by atoms with Gasteiger partial charge in [-0.1, -0.05) is 32.0 Å². The van der Waals surface area contributed by atoms with Crippen LogP contribution < -0.4 is 0 Å². The fourth-order valence-electron chi connectivity index (χ4n) is 4.45. The van der Waals surface area contributed by atoms with Crippen molar-refractivity contribution >= 4 is 15.9 Å². The zero-order chi connectivity index (χ0) is 22.2. The van der Waals surface area contributed by atoms with Crippen LogP contribution in [0.2, 0.25) is 0 Å². The highest BCUT2D eigenvalue weighted by atomic mass is 32.2. The van der Waals surface area contributed by atoms with E-state index in [2.05, 4.69) is 13.8 Å². The maximum Gasteiger partial charge on any atom is 0.254 e. The van der Waals surface area contributed by atoms with Gasteiger partial charge in [0.15, 0.2) is 0 Å². The van der Waals surface area contributed by atoms with Gasteiger partial charge in [0.25, 0.3) is 5.91 Å². The molecule has 0 N–H and O–H groups in total. The van der Waals surface area contributed by atoms with Gasteiger partial charge < -0.3 is 4.90 Å². The number of benzene rings is 2. The molecule has 1 saturated heterocycles. The number of piperidine rings is 1. The van der Waals surface area contributed by atoms with Gasteiger partial charge in [-0.05, 0) is 67.0 Å². The summed E-state index contributed by atoms with van der Waals surface area (Å²) >= 11 is 0. The molecule has 2 aromatic carbocycles. The fraction of sp³-hybridized carbons (Fsp3) is 0.458. The van der Waals surface area contributed by atoms with Crippen molar-refractivity contribution in [2.24, 2.45) is 11.8 Å². The number of hydrogen-bond donors (Lipinski definition) is 0. The van der Waals surface area contributed by atoms with E-state index in [0.29, 0.717) is 37.0 Å². The summed E-state index contributed by atoms with van der Waals surface area (Å²) in [6.45, 7) is 5.53. The van der Waals surface area contributed by atoms with Gasteiger partial charge in [-0.15, -0.1) is 0 Å². The highest BCUT2D eigenvalue weighted by molar-refractivity contribution is 7.89. The molecule has 2 fully saturated rings. The molecule has 1 amide bonds. The average Bonchev–Trinajstić information content (AvgIpc) is 3.57. The van der Waals surface area contributed by atoms with E-state index in [-0.39, 0.29) is 22.7 Å². The molecule has 31 heavy (non-hydrogen) atoms. The molecule has 2 atom stereocenters. The smallest absolute Gasteiger partial charge is 0.254 e. The van der Waals surface area contributed by atoms with Crippen molar-refractivity contribution in [3.8, 4) is 0 Å². The van der Waals surface area contributed by atoms with E-state index >= 15 is 0 Å². The first-order chi connectivity index (χ1) is 14.7. The molecule has 0 spiro atoms. The highest BCUT2D eigenvalue weighted by Gasteiger charge is 2.35. The molecule has 0 aromatic heterocycles. The van der Waals surface area contributed by atoms with Crippen LogP contribution in [0.1, 0.15) is 49.0 Å². The molecule has 5 nitrogen and oxygen atoms in total. The number of hydrogen-bond acceptors (Lipinski definition) is 3. The summed E-state index contributed by atoms with van der Waals surface area (Å²) in [4.78, 5) is 15.2. The Balaban J connectivity index is 1.57. The standard InChI is InChI=1S/C24H29FN2O3S/c1-17-12-18(2)15-26(14-17)31(29,30)23-5-3-4-20(13-23)24(28)27(22-10-11-22)16-19-6-8-21(25)9-7-19/h3-9,13,17-18,22H,10-12,14-16H2,1-2H3. The summed E-state index contributed by atoms with van der Waals surface area (Å²) in [6.07, 6.45) is 2.87. The van der Waals surface area contributed by atoms with Crippen molar-refractivity contribution in [1.82, 2.24) is 9.21 Å². The predicted molar refractivity (Wildman–Crippen MR) is 117 cm³/mol.